The van der Waals surface area contributed by atoms with E-state index < -0.39 is 0 Å². The van der Waals surface area contributed by atoms with E-state index in [-0.39, 0.29) is 10.6 Å². The maximum atomic E-state index is 11.2. The summed E-state index contributed by atoms with van der Waals surface area (Å²) in [5.74, 6) is 0. The van der Waals surface area contributed by atoms with Gasteiger partial charge in [0.05, 0.1) is 16.2 Å². The van der Waals surface area contributed by atoms with Crippen LogP contribution in [-0.4, -0.2) is 9.49 Å². The number of nitro groups is 1. The SMILES string of the molecule is Cc1ccc([N+](=O)[O-])c(-c2cc3ccccc3n2C)c1. The second-order valence-corrected chi connectivity index (χ2v) is 4.93. The summed E-state index contributed by atoms with van der Waals surface area (Å²) in [5.41, 5.74) is 3.74. The maximum absolute atomic E-state index is 11.2. The number of para-hydroxylation sites is 1. The van der Waals surface area contributed by atoms with E-state index in [9.17, 15) is 10.1 Å². The Balaban J connectivity index is 2.33. The van der Waals surface area contributed by atoms with Gasteiger partial charge in [-0.3, -0.25) is 10.1 Å². The van der Waals surface area contributed by atoms with Crippen molar-refractivity contribution < 1.29 is 4.92 Å². The molecule has 0 saturated carbocycles. The van der Waals surface area contributed by atoms with Crippen molar-refractivity contribution in [2.24, 2.45) is 7.05 Å². The van der Waals surface area contributed by atoms with Crippen molar-refractivity contribution in [3.05, 3.63) is 64.2 Å². The predicted molar refractivity (Wildman–Crippen MR) is 79.7 cm³/mol. The molecule has 0 aliphatic carbocycles. The van der Waals surface area contributed by atoms with Crippen LogP contribution < -0.4 is 0 Å². The number of hydrogen-bond donors (Lipinski definition) is 0. The first kappa shape index (κ1) is 12.4. The largest absolute Gasteiger partial charge is 0.343 e. The van der Waals surface area contributed by atoms with E-state index in [1.165, 1.54) is 0 Å². The molecular formula is C16H14N2O2. The van der Waals surface area contributed by atoms with Crippen LogP contribution in [0.4, 0.5) is 5.69 Å². The lowest BCUT2D eigenvalue weighted by atomic mass is 10.1. The second kappa shape index (κ2) is 4.49. The number of hydrogen-bond acceptors (Lipinski definition) is 2. The van der Waals surface area contributed by atoms with Crippen molar-refractivity contribution in [3.63, 3.8) is 0 Å². The molecule has 3 aromatic rings. The quantitative estimate of drug-likeness (QED) is 0.518. The van der Waals surface area contributed by atoms with Crippen molar-refractivity contribution in [2.75, 3.05) is 0 Å². The summed E-state index contributed by atoms with van der Waals surface area (Å²) in [6, 6.07) is 15.2. The third-order valence-electron chi connectivity index (χ3n) is 3.58. The molecule has 100 valence electrons. The molecule has 0 bridgehead atoms. The van der Waals surface area contributed by atoms with Gasteiger partial charge in [-0.05, 0) is 30.7 Å². The van der Waals surface area contributed by atoms with Gasteiger partial charge in [0.15, 0.2) is 0 Å². The van der Waals surface area contributed by atoms with Crippen LogP contribution in [0.15, 0.2) is 48.5 Å². The van der Waals surface area contributed by atoms with E-state index in [0.29, 0.717) is 5.56 Å². The highest BCUT2D eigenvalue weighted by Gasteiger charge is 2.18. The van der Waals surface area contributed by atoms with E-state index in [4.69, 9.17) is 0 Å². The van der Waals surface area contributed by atoms with E-state index in [0.717, 1.165) is 22.2 Å². The molecule has 0 saturated heterocycles. The average Bonchev–Trinajstić information content (AvgIpc) is 2.76. The fourth-order valence-corrected chi connectivity index (χ4v) is 2.56. The van der Waals surface area contributed by atoms with Crippen LogP contribution >= 0.6 is 0 Å². The van der Waals surface area contributed by atoms with Gasteiger partial charge in [-0.25, -0.2) is 0 Å². The van der Waals surface area contributed by atoms with Crippen molar-refractivity contribution in [1.82, 2.24) is 4.57 Å². The molecule has 0 radical (unpaired) electrons. The molecule has 0 aliphatic heterocycles. The number of aromatic nitrogens is 1. The molecule has 4 heteroatoms. The summed E-state index contributed by atoms with van der Waals surface area (Å²) in [6.45, 7) is 1.94. The number of benzene rings is 2. The predicted octanol–water partition coefficient (Wildman–Crippen LogP) is 4.06. The molecule has 2 aromatic carbocycles. The Kier molecular flexibility index (Phi) is 2.79. The highest BCUT2D eigenvalue weighted by Crippen LogP contribution is 2.34. The van der Waals surface area contributed by atoms with E-state index in [2.05, 4.69) is 0 Å². The Labute approximate surface area is 116 Å². The number of rotatable bonds is 2. The van der Waals surface area contributed by atoms with Crippen LogP contribution in [0.25, 0.3) is 22.2 Å². The van der Waals surface area contributed by atoms with E-state index >= 15 is 0 Å². The standard InChI is InChI=1S/C16H14N2O2/c1-11-7-8-15(18(19)20)13(9-11)16-10-12-5-3-4-6-14(12)17(16)2/h3-10H,1-2H3. The van der Waals surface area contributed by atoms with Crippen LogP contribution in [0.2, 0.25) is 0 Å². The fourth-order valence-electron chi connectivity index (χ4n) is 2.56. The van der Waals surface area contributed by atoms with Gasteiger partial charge < -0.3 is 4.57 Å². The molecule has 20 heavy (non-hydrogen) atoms. The Bertz CT molecular complexity index is 818. The number of nitro benzene ring substituents is 1. The molecule has 1 aromatic heterocycles. The zero-order valence-corrected chi connectivity index (χ0v) is 11.3. The Morgan fingerprint density at radius 1 is 1.10 bits per heavy atom. The lowest BCUT2D eigenvalue weighted by molar-refractivity contribution is -0.384. The zero-order chi connectivity index (χ0) is 14.3. The normalized spacial score (nSPS) is 10.9. The van der Waals surface area contributed by atoms with Crippen molar-refractivity contribution in [1.29, 1.82) is 0 Å². The van der Waals surface area contributed by atoms with Gasteiger partial charge in [-0.15, -0.1) is 0 Å². The highest BCUT2D eigenvalue weighted by molar-refractivity contribution is 5.88. The molecule has 0 fully saturated rings. The van der Waals surface area contributed by atoms with Gasteiger partial charge in [0.25, 0.3) is 5.69 Å². The summed E-state index contributed by atoms with van der Waals surface area (Å²) in [5, 5.41) is 12.3. The third kappa shape index (κ3) is 1.86. The summed E-state index contributed by atoms with van der Waals surface area (Å²) >= 11 is 0. The molecule has 0 spiro atoms. The number of aryl methyl sites for hydroxylation is 2. The lowest BCUT2D eigenvalue weighted by Crippen LogP contribution is -1.97. The topological polar surface area (TPSA) is 48.1 Å². The van der Waals surface area contributed by atoms with Gasteiger partial charge >= 0.3 is 0 Å². The van der Waals surface area contributed by atoms with Crippen molar-refractivity contribution >= 4 is 16.6 Å². The van der Waals surface area contributed by atoms with Gasteiger partial charge in [-0.2, -0.15) is 0 Å². The molecule has 3 rings (SSSR count). The fraction of sp³-hybridized carbons (Fsp3) is 0.125. The highest BCUT2D eigenvalue weighted by atomic mass is 16.6. The lowest BCUT2D eigenvalue weighted by Gasteiger charge is -2.06. The second-order valence-electron chi connectivity index (χ2n) is 4.93. The molecule has 0 aliphatic rings. The minimum Gasteiger partial charge on any atom is -0.343 e. The molecule has 4 nitrogen and oxygen atoms in total. The van der Waals surface area contributed by atoms with Crippen LogP contribution in [0, 0.1) is 17.0 Å². The molecule has 0 amide bonds. The summed E-state index contributed by atoms with van der Waals surface area (Å²) in [4.78, 5) is 10.9. The Morgan fingerprint density at radius 3 is 2.55 bits per heavy atom. The van der Waals surface area contributed by atoms with Crippen molar-refractivity contribution in [2.45, 2.75) is 6.92 Å². The first-order valence-corrected chi connectivity index (χ1v) is 6.38. The van der Waals surface area contributed by atoms with Gasteiger partial charge in [-0.1, -0.05) is 24.3 Å². The minimum absolute atomic E-state index is 0.140. The monoisotopic (exact) mass is 266 g/mol. The zero-order valence-electron chi connectivity index (χ0n) is 11.3. The molecule has 0 atom stereocenters. The molecule has 1 heterocycles. The maximum Gasteiger partial charge on any atom is 0.278 e. The van der Waals surface area contributed by atoms with Gasteiger partial charge in [0.1, 0.15) is 0 Å². The van der Waals surface area contributed by atoms with Gasteiger partial charge in [0, 0.05) is 24.0 Å². The first-order chi connectivity index (χ1) is 9.58. The van der Waals surface area contributed by atoms with Gasteiger partial charge in [0.2, 0.25) is 0 Å². The van der Waals surface area contributed by atoms with E-state index in [1.807, 2.05) is 54.9 Å². The van der Waals surface area contributed by atoms with Crippen LogP contribution in [0.3, 0.4) is 0 Å². The number of fused-ring (bicyclic) bond motifs is 1. The first-order valence-electron chi connectivity index (χ1n) is 6.38. The Morgan fingerprint density at radius 2 is 1.85 bits per heavy atom. The van der Waals surface area contributed by atoms with Crippen LogP contribution in [0.5, 0.6) is 0 Å². The van der Waals surface area contributed by atoms with Crippen molar-refractivity contribution in [3.8, 4) is 11.3 Å². The molecule has 0 unspecified atom stereocenters. The summed E-state index contributed by atoms with van der Waals surface area (Å²) in [6.07, 6.45) is 0. The molecule has 0 N–H and O–H groups in total. The minimum atomic E-state index is -0.327. The van der Waals surface area contributed by atoms with Crippen LogP contribution in [0.1, 0.15) is 5.56 Å². The summed E-state index contributed by atoms with van der Waals surface area (Å²) < 4.78 is 2.00. The van der Waals surface area contributed by atoms with E-state index in [1.54, 1.807) is 12.1 Å². The Hall–Kier alpha value is -2.62. The molecular weight excluding hydrogens is 252 g/mol. The van der Waals surface area contributed by atoms with Crippen LogP contribution in [-0.2, 0) is 7.05 Å². The third-order valence-corrected chi connectivity index (χ3v) is 3.58. The summed E-state index contributed by atoms with van der Waals surface area (Å²) in [7, 11) is 1.93. The number of nitrogens with zero attached hydrogens (tertiary/aromatic N) is 2. The smallest absolute Gasteiger partial charge is 0.278 e. The average molecular weight is 266 g/mol.